The van der Waals surface area contributed by atoms with Crippen LogP contribution in [0, 0.1) is 0 Å². The molecule has 0 bridgehead atoms. The topological polar surface area (TPSA) is 55.1 Å². The Balaban J connectivity index is 2.69. The van der Waals surface area contributed by atoms with Crippen LogP contribution in [0.25, 0.3) is 10.9 Å². The molecular weight excluding hydrogens is 272 g/mol. The van der Waals surface area contributed by atoms with Crippen LogP contribution in [0.15, 0.2) is 22.8 Å². The van der Waals surface area contributed by atoms with Crippen LogP contribution in [0.5, 0.6) is 0 Å². The van der Waals surface area contributed by atoms with Crippen molar-refractivity contribution >= 4 is 32.8 Å². The maximum atomic E-state index is 10.8. The molecule has 1 heterocycles. The molecule has 0 amide bonds. The van der Waals surface area contributed by atoms with Crippen molar-refractivity contribution in [3.63, 3.8) is 0 Å². The van der Waals surface area contributed by atoms with E-state index in [2.05, 4.69) is 21.0 Å². The molecule has 1 aromatic heterocycles. The van der Waals surface area contributed by atoms with Crippen molar-refractivity contribution in [2.75, 3.05) is 0 Å². The van der Waals surface area contributed by atoms with Crippen molar-refractivity contribution in [3.8, 4) is 0 Å². The van der Waals surface area contributed by atoms with Gasteiger partial charge in [0.25, 0.3) is 0 Å². The quantitative estimate of drug-likeness (QED) is 0.941. The molecule has 0 aliphatic heterocycles. The Morgan fingerprint density at radius 3 is 2.94 bits per heavy atom. The van der Waals surface area contributed by atoms with Crippen molar-refractivity contribution in [3.05, 3.63) is 28.4 Å². The number of nitrogens with zero attached hydrogens (tertiary/aromatic N) is 2. The van der Waals surface area contributed by atoms with Gasteiger partial charge in [0.1, 0.15) is 4.60 Å². The molecule has 0 unspecified atom stereocenters. The number of carbonyl (C=O) groups is 1. The fraction of sp³-hybridized carbons (Fsp3) is 0.273. The first-order valence-electron chi connectivity index (χ1n) is 4.99. The maximum absolute atomic E-state index is 10.8. The molecule has 0 radical (unpaired) electrons. The molecule has 84 valence electrons. The van der Waals surface area contributed by atoms with Gasteiger partial charge in [0.15, 0.2) is 0 Å². The van der Waals surface area contributed by atoms with Crippen molar-refractivity contribution in [2.24, 2.45) is 0 Å². The lowest BCUT2D eigenvalue weighted by atomic mass is 10.1. The third-order valence-electron chi connectivity index (χ3n) is 2.45. The summed E-state index contributed by atoms with van der Waals surface area (Å²) in [5.74, 6) is -0.826. The molecule has 5 heteroatoms. The van der Waals surface area contributed by atoms with Crippen LogP contribution in [0.1, 0.15) is 12.5 Å². The largest absolute Gasteiger partial charge is 0.481 e. The Morgan fingerprint density at radius 1 is 1.56 bits per heavy atom. The molecule has 4 nitrogen and oxygen atoms in total. The van der Waals surface area contributed by atoms with Crippen molar-refractivity contribution < 1.29 is 9.90 Å². The first-order valence-corrected chi connectivity index (χ1v) is 5.78. The number of aromatic nitrogens is 2. The monoisotopic (exact) mass is 282 g/mol. The highest BCUT2D eigenvalue weighted by molar-refractivity contribution is 9.10. The fourth-order valence-electron chi connectivity index (χ4n) is 1.81. The van der Waals surface area contributed by atoms with E-state index in [0.29, 0.717) is 0 Å². The van der Waals surface area contributed by atoms with Crippen LogP contribution in [0.3, 0.4) is 0 Å². The minimum absolute atomic E-state index is 0.0233. The van der Waals surface area contributed by atoms with E-state index in [9.17, 15) is 4.79 Å². The van der Waals surface area contributed by atoms with E-state index in [1.807, 2.05) is 29.8 Å². The van der Waals surface area contributed by atoms with Gasteiger partial charge in [-0.05, 0) is 28.4 Å². The Labute approximate surface area is 101 Å². The summed E-state index contributed by atoms with van der Waals surface area (Å²) in [4.78, 5) is 10.8. The Hall–Kier alpha value is -1.36. The number of carboxylic acids is 1. The number of fused-ring (bicyclic) bond motifs is 1. The Morgan fingerprint density at radius 2 is 2.31 bits per heavy atom. The van der Waals surface area contributed by atoms with E-state index in [4.69, 9.17) is 5.11 Å². The van der Waals surface area contributed by atoms with E-state index < -0.39 is 5.97 Å². The highest BCUT2D eigenvalue weighted by atomic mass is 79.9. The van der Waals surface area contributed by atoms with Crippen molar-refractivity contribution in [1.29, 1.82) is 0 Å². The third-order valence-corrected chi connectivity index (χ3v) is 3.04. The van der Waals surface area contributed by atoms with Gasteiger partial charge in [-0.1, -0.05) is 18.2 Å². The standard InChI is InChI=1S/C11H11BrN2O2/c1-2-14-10-7(6-9(15)16)4-3-5-8(10)11(12)13-14/h3-5H,2,6H2,1H3,(H,15,16). The highest BCUT2D eigenvalue weighted by Gasteiger charge is 2.13. The number of aliphatic carboxylic acids is 1. The first kappa shape index (κ1) is 11.1. The molecule has 0 saturated carbocycles. The van der Waals surface area contributed by atoms with Crippen molar-refractivity contribution in [2.45, 2.75) is 19.9 Å². The van der Waals surface area contributed by atoms with E-state index >= 15 is 0 Å². The molecule has 16 heavy (non-hydrogen) atoms. The second kappa shape index (κ2) is 4.25. The number of carboxylic acid groups (broad SMARTS) is 1. The van der Waals surface area contributed by atoms with Gasteiger partial charge in [0.05, 0.1) is 11.9 Å². The highest BCUT2D eigenvalue weighted by Crippen LogP contribution is 2.26. The number of benzene rings is 1. The van der Waals surface area contributed by atoms with Gasteiger partial charge in [-0.2, -0.15) is 5.10 Å². The molecule has 0 spiro atoms. The molecule has 1 N–H and O–H groups in total. The van der Waals surface area contributed by atoms with E-state index in [0.717, 1.165) is 27.6 Å². The Bertz CT molecular complexity index is 548. The summed E-state index contributed by atoms with van der Waals surface area (Å²) in [7, 11) is 0. The van der Waals surface area contributed by atoms with E-state index in [1.54, 1.807) is 0 Å². The fourth-order valence-corrected chi connectivity index (χ4v) is 2.32. The molecular formula is C11H11BrN2O2. The average Bonchev–Trinajstić information content (AvgIpc) is 2.56. The van der Waals surface area contributed by atoms with Crippen LogP contribution in [0.4, 0.5) is 0 Å². The molecule has 2 rings (SSSR count). The van der Waals surface area contributed by atoms with Gasteiger partial charge < -0.3 is 5.11 Å². The minimum Gasteiger partial charge on any atom is -0.481 e. The second-order valence-corrected chi connectivity index (χ2v) is 4.24. The first-order chi connectivity index (χ1) is 7.63. The van der Waals surface area contributed by atoms with Crippen LogP contribution < -0.4 is 0 Å². The summed E-state index contributed by atoms with van der Waals surface area (Å²) in [6, 6.07) is 5.62. The Kier molecular flexibility index (Phi) is 2.96. The van der Waals surface area contributed by atoms with Gasteiger partial charge in [-0.3, -0.25) is 9.48 Å². The summed E-state index contributed by atoms with van der Waals surface area (Å²) >= 11 is 3.38. The molecule has 0 atom stereocenters. The molecule has 0 aliphatic rings. The zero-order valence-electron chi connectivity index (χ0n) is 8.77. The van der Waals surface area contributed by atoms with Gasteiger partial charge in [0, 0.05) is 11.9 Å². The molecule has 0 saturated heterocycles. The summed E-state index contributed by atoms with van der Waals surface area (Å²) < 4.78 is 2.58. The molecule has 2 aromatic rings. The summed E-state index contributed by atoms with van der Waals surface area (Å²) in [6.07, 6.45) is 0.0233. The molecule has 0 fully saturated rings. The second-order valence-electron chi connectivity index (χ2n) is 3.49. The number of rotatable bonds is 3. The average molecular weight is 283 g/mol. The number of halogens is 1. The zero-order valence-corrected chi connectivity index (χ0v) is 10.4. The maximum Gasteiger partial charge on any atom is 0.307 e. The number of aryl methyl sites for hydroxylation is 1. The lowest BCUT2D eigenvalue weighted by Crippen LogP contribution is -2.04. The predicted octanol–water partition coefficient (Wildman–Crippen LogP) is 2.45. The number of para-hydroxylation sites is 1. The SMILES string of the molecule is CCn1nc(Br)c2cccc(CC(=O)O)c21. The third kappa shape index (κ3) is 1.82. The van der Waals surface area contributed by atoms with E-state index in [1.165, 1.54) is 0 Å². The van der Waals surface area contributed by atoms with Crippen LogP contribution in [0.2, 0.25) is 0 Å². The van der Waals surface area contributed by atoms with Gasteiger partial charge in [-0.15, -0.1) is 0 Å². The van der Waals surface area contributed by atoms with E-state index in [-0.39, 0.29) is 6.42 Å². The summed E-state index contributed by atoms with van der Waals surface area (Å²) in [6.45, 7) is 2.70. The van der Waals surface area contributed by atoms with Crippen LogP contribution in [-0.4, -0.2) is 20.9 Å². The smallest absolute Gasteiger partial charge is 0.307 e. The zero-order chi connectivity index (χ0) is 11.7. The van der Waals surface area contributed by atoms with Crippen molar-refractivity contribution in [1.82, 2.24) is 9.78 Å². The van der Waals surface area contributed by atoms with Gasteiger partial charge in [0.2, 0.25) is 0 Å². The summed E-state index contributed by atoms with van der Waals surface area (Å²) in [5, 5.41) is 14.1. The normalized spacial score (nSPS) is 10.9. The number of hydrogen-bond donors (Lipinski definition) is 1. The molecule has 0 aliphatic carbocycles. The van der Waals surface area contributed by atoms with Gasteiger partial charge in [-0.25, -0.2) is 0 Å². The lowest BCUT2D eigenvalue weighted by Gasteiger charge is -2.03. The predicted molar refractivity (Wildman–Crippen MR) is 64.4 cm³/mol. The van der Waals surface area contributed by atoms with Crippen LogP contribution >= 0.6 is 15.9 Å². The minimum atomic E-state index is -0.826. The van der Waals surface area contributed by atoms with Gasteiger partial charge >= 0.3 is 5.97 Å². The summed E-state index contributed by atoms with van der Waals surface area (Å²) in [5.41, 5.74) is 1.70. The lowest BCUT2D eigenvalue weighted by molar-refractivity contribution is -0.136. The number of hydrogen-bond acceptors (Lipinski definition) is 2. The molecule has 1 aromatic carbocycles. The van der Waals surface area contributed by atoms with Crippen LogP contribution in [-0.2, 0) is 17.8 Å².